The van der Waals surface area contributed by atoms with Gasteiger partial charge in [-0.15, -0.1) is 0 Å². The van der Waals surface area contributed by atoms with Crippen LogP contribution in [-0.4, -0.2) is 24.0 Å². The molecule has 0 saturated carbocycles. The zero-order valence-electron chi connectivity index (χ0n) is 15.5. The van der Waals surface area contributed by atoms with Crippen LogP contribution in [0, 0.1) is 28.9 Å². The third kappa shape index (κ3) is 5.26. The fourth-order valence-electron chi connectivity index (χ4n) is 3.44. The van der Waals surface area contributed by atoms with Gasteiger partial charge in [0.15, 0.2) is 11.6 Å². The van der Waals surface area contributed by atoms with Gasteiger partial charge in [-0.05, 0) is 55.0 Å². The summed E-state index contributed by atoms with van der Waals surface area (Å²) in [7, 11) is 0. The van der Waals surface area contributed by atoms with Gasteiger partial charge in [0.2, 0.25) is 5.91 Å². The summed E-state index contributed by atoms with van der Waals surface area (Å²) in [6, 6.07) is 9.21. The van der Waals surface area contributed by atoms with Crippen molar-refractivity contribution >= 4 is 11.7 Å². The van der Waals surface area contributed by atoms with Crippen molar-refractivity contribution in [1.82, 2.24) is 10.3 Å². The largest absolute Gasteiger partial charge is 0.356 e. The Morgan fingerprint density at radius 2 is 2.14 bits per heavy atom. The molecular weight excluding hydrogens is 362 g/mol. The molecule has 1 saturated heterocycles. The molecule has 2 aromatic rings. The number of piperidine rings is 1. The van der Waals surface area contributed by atoms with E-state index in [4.69, 9.17) is 5.26 Å². The maximum atomic E-state index is 13.2. The lowest BCUT2D eigenvalue weighted by Gasteiger charge is -2.33. The van der Waals surface area contributed by atoms with E-state index in [1.807, 2.05) is 0 Å². The van der Waals surface area contributed by atoms with Gasteiger partial charge >= 0.3 is 0 Å². The standard InChI is InChI=1S/C21H22F2N4O/c22-18-5-3-17(10-19(18)23)13-26-21(28)6-4-15-2-1-9-27(14-15)20-11-16(12-24)7-8-25-20/h3,5,7-8,10-11,15H,1-2,4,6,9,13-14H2,(H,26,28)/t15-/m1/s1. The van der Waals surface area contributed by atoms with E-state index in [0.717, 1.165) is 50.3 Å². The monoisotopic (exact) mass is 384 g/mol. The maximum Gasteiger partial charge on any atom is 0.220 e. The lowest BCUT2D eigenvalue weighted by atomic mass is 9.93. The van der Waals surface area contributed by atoms with E-state index >= 15 is 0 Å². The summed E-state index contributed by atoms with van der Waals surface area (Å²) in [5, 5.41) is 11.8. The molecule has 3 rings (SSSR count). The van der Waals surface area contributed by atoms with Crippen molar-refractivity contribution in [3.63, 3.8) is 0 Å². The lowest BCUT2D eigenvalue weighted by Crippen LogP contribution is -2.36. The highest BCUT2D eigenvalue weighted by molar-refractivity contribution is 5.75. The molecule has 1 atom stereocenters. The summed E-state index contributed by atoms with van der Waals surface area (Å²) in [5.41, 5.74) is 1.11. The van der Waals surface area contributed by atoms with Gasteiger partial charge in [-0.1, -0.05) is 6.07 Å². The van der Waals surface area contributed by atoms with Gasteiger partial charge in [0.1, 0.15) is 5.82 Å². The molecule has 28 heavy (non-hydrogen) atoms. The van der Waals surface area contributed by atoms with Crippen LogP contribution >= 0.6 is 0 Å². The zero-order chi connectivity index (χ0) is 19.9. The minimum absolute atomic E-state index is 0.105. The molecular formula is C21H22F2N4O. The van der Waals surface area contributed by atoms with Gasteiger partial charge in [-0.3, -0.25) is 4.79 Å². The van der Waals surface area contributed by atoms with Gasteiger partial charge in [0, 0.05) is 32.3 Å². The molecule has 0 bridgehead atoms. The Balaban J connectivity index is 1.46. The minimum Gasteiger partial charge on any atom is -0.356 e. The van der Waals surface area contributed by atoms with Crippen molar-refractivity contribution in [2.75, 3.05) is 18.0 Å². The fraction of sp³-hybridized carbons (Fsp3) is 0.381. The summed E-state index contributed by atoms with van der Waals surface area (Å²) < 4.78 is 26.1. The van der Waals surface area contributed by atoms with Crippen molar-refractivity contribution in [2.45, 2.75) is 32.2 Å². The Kier molecular flexibility index (Phi) is 6.53. The highest BCUT2D eigenvalue weighted by atomic mass is 19.2. The number of halogens is 2. The van der Waals surface area contributed by atoms with E-state index in [0.29, 0.717) is 23.5 Å². The number of nitrogens with one attached hydrogen (secondary N) is 1. The summed E-state index contributed by atoms with van der Waals surface area (Å²) in [5.74, 6) is -0.747. The highest BCUT2D eigenvalue weighted by Crippen LogP contribution is 2.25. The van der Waals surface area contributed by atoms with Crippen LogP contribution in [0.3, 0.4) is 0 Å². The third-order valence-electron chi connectivity index (χ3n) is 4.97. The van der Waals surface area contributed by atoms with Gasteiger partial charge < -0.3 is 10.2 Å². The smallest absolute Gasteiger partial charge is 0.220 e. The summed E-state index contributed by atoms with van der Waals surface area (Å²) in [6.07, 6.45) is 4.83. The van der Waals surface area contributed by atoms with Crippen molar-refractivity contribution in [1.29, 1.82) is 5.26 Å². The number of pyridine rings is 1. The van der Waals surface area contributed by atoms with Crippen LogP contribution in [-0.2, 0) is 11.3 Å². The molecule has 1 N–H and O–H groups in total. The van der Waals surface area contributed by atoms with Crippen LogP contribution in [0.25, 0.3) is 0 Å². The third-order valence-corrected chi connectivity index (χ3v) is 4.97. The van der Waals surface area contributed by atoms with Gasteiger partial charge in [0.25, 0.3) is 0 Å². The molecule has 1 amide bonds. The number of aromatic nitrogens is 1. The van der Waals surface area contributed by atoms with E-state index in [9.17, 15) is 13.6 Å². The number of rotatable bonds is 6. The Bertz CT molecular complexity index is 881. The number of hydrogen-bond donors (Lipinski definition) is 1. The first kappa shape index (κ1) is 19.7. The molecule has 1 aliphatic rings. The number of nitrogens with zero attached hydrogens (tertiary/aromatic N) is 3. The molecule has 5 nitrogen and oxygen atoms in total. The Labute approximate surface area is 163 Å². The number of benzene rings is 1. The van der Waals surface area contributed by atoms with Crippen molar-refractivity contribution in [3.05, 3.63) is 59.3 Å². The number of amides is 1. The quantitative estimate of drug-likeness (QED) is 0.827. The van der Waals surface area contributed by atoms with E-state index in [2.05, 4.69) is 21.3 Å². The van der Waals surface area contributed by atoms with Gasteiger partial charge in [-0.25, -0.2) is 13.8 Å². The SMILES string of the molecule is N#Cc1ccnc(N2CCC[C@H](CCC(=O)NCc3ccc(F)c(F)c3)C2)c1. The molecule has 0 unspecified atom stereocenters. The first-order valence-corrected chi connectivity index (χ1v) is 9.37. The van der Waals surface area contributed by atoms with Crippen molar-refractivity contribution in [3.8, 4) is 6.07 Å². The summed E-state index contributed by atoms with van der Waals surface area (Å²) in [4.78, 5) is 18.6. The molecule has 2 heterocycles. The normalized spacial score (nSPS) is 16.5. The molecule has 1 fully saturated rings. The van der Waals surface area contributed by atoms with Gasteiger partial charge in [0.05, 0.1) is 11.6 Å². The second-order valence-corrected chi connectivity index (χ2v) is 7.03. The van der Waals surface area contributed by atoms with E-state index in [1.165, 1.54) is 6.07 Å². The number of hydrogen-bond acceptors (Lipinski definition) is 4. The van der Waals surface area contributed by atoms with Crippen molar-refractivity contribution in [2.24, 2.45) is 5.92 Å². The van der Waals surface area contributed by atoms with Crippen LogP contribution in [0.5, 0.6) is 0 Å². The predicted octanol–water partition coefficient (Wildman–Crippen LogP) is 3.54. The molecule has 1 aromatic carbocycles. The number of carbonyl (C=O) groups is 1. The molecule has 0 aliphatic carbocycles. The second-order valence-electron chi connectivity index (χ2n) is 7.03. The average Bonchev–Trinajstić information content (AvgIpc) is 2.73. The summed E-state index contributed by atoms with van der Waals surface area (Å²) in [6.45, 7) is 1.87. The molecule has 0 spiro atoms. The Morgan fingerprint density at radius 1 is 1.29 bits per heavy atom. The van der Waals surface area contributed by atoms with E-state index in [1.54, 1.807) is 18.3 Å². The number of carbonyl (C=O) groups excluding carboxylic acids is 1. The van der Waals surface area contributed by atoms with Crippen LogP contribution in [0.15, 0.2) is 36.5 Å². The van der Waals surface area contributed by atoms with Crippen molar-refractivity contribution < 1.29 is 13.6 Å². The molecule has 7 heteroatoms. The minimum atomic E-state index is -0.914. The first-order chi connectivity index (χ1) is 13.5. The van der Waals surface area contributed by atoms with Crippen LogP contribution in [0.4, 0.5) is 14.6 Å². The molecule has 146 valence electrons. The number of nitriles is 1. The molecule has 1 aromatic heterocycles. The van der Waals surface area contributed by atoms with E-state index in [-0.39, 0.29) is 12.5 Å². The summed E-state index contributed by atoms with van der Waals surface area (Å²) >= 11 is 0. The molecule has 1 aliphatic heterocycles. The fourth-order valence-corrected chi connectivity index (χ4v) is 3.44. The topological polar surface area (TPSA) is 69.0 Å². The number of anilines is 1. The van der Waals surface area contributed by atoms with Crippen LogP contribution in [0.1, 0.15) is 36.8 Å². The highest BCUT2D eigenvalue weighted by Gasteiger charge is 2.21. The maximum absolute atomic E-state index is 13.2. The van der Waals surface area contributed by atoms with Crippen LogP contribution < -0.4 is 10.2 Å². The Hall–Kier alpha value is -3.01. The Morgan fingerprint density at radius 3 is 2.93 bits per heavy atom. The average molecular weight is 384 g/mol. The lowest BCUT2D eigenvalue weighted by molar-refractivity contribution is -0.121. The van der Waals surface area contributed by atoms with E-state index < -0.39 is 11.6 Å². The molecule has 0 radical (unpaired) electrons. The van der Waals surface area contributed by atoms with Gasteiger partial charge in [-0.2, -0.15) is 5.26 Å². The second kappa shape index (κ2) is 9.27. The first-order valence-electron chi connectivity index (χ1n) is 9.37. The van der Waals surface area contributed by atoms with Crippen LogP contribution in [0.2, 0.25) is 0 Å². The zero-order valence-corrected chi connectivity index (χ0v) is 15.5. The predicted molar refractivity (Wildman–Crippen MR) is 101 cm³/mol.